The zero-order chi connectivity index (χ0) is 15.8. The van der Waals surface area contributed by atoms with Crippen molar-refractivity contribution in [1.82, 2.24) is 0 Å². The van der Waals surface area contributed by atoms with Crippen LogP contribution in [0.4, 0.5) is 11.4 Å². The normalized spacial score (nSPS) is 24.4. The Morgan fingerprint density at radius 2 is 2.05 bits per heavy atom. The van der Waals surface area contributed by atoms with E-state index >= 15 is 0 Å². The molecule has 2 rings (SSSR count). The Labute approximate surface area is 125 Å². The van der Waals surface area contributed by atoms with E-state index in [9.17, 15) is 8.42 Å². The molecule has 1 aliphatic carbocycles. The van der Waals surface area contributed by atoms with Gasteiger partial charge in [-0.25, -0.2) is 13.6 Å². The molecule has 2 unspecified atom stereocenters. The number of nitrogens with two attached hydrogens (primary N) is 2. The van der Waals surface area contributed by atoms with Gasteiger partial charge >= 0.3 is 0 Å². The molecule has 21 heavy (non-hydrogen) atoms. The summed E-state index contributed by atoms with van der Waals surface area (Å²) in [5.74, 6) is 0. The molecule has 0 spiro atoms. The number of benzene rings is 1. The molecule has 1 aromatic rings. The molecule has 5 N–H and O–H groups in total. The Kier molecular flexibility index (Phi) is 4.19. The van der Waals surface area contributed by atoms with Crippen LogP contribution in [0.25, 0.3) is 0 Å². The maximum Gasteiger partial charge on any atom is 0.238 e. The largest absolute Gasteiger partial charge is 0.399 e. The van der Waals surface area contributed by atoms with Crippen LogP contribution in [0.5, 0.6) is 0 Å². The number of hydrogen-bond donors (Lipinski definition) is 3. The molecule has 7 heteroatoms. The number of ether oxygens (including phenoxy) is 1. The molecule has 6 nitrogen and oxygen atoms in total. The summed E-state index contributed by atoms with van der Waals surface area (Å²) in [5, 5.41) is 8.49. The van der Waals surface area contributed by atoms with E-state index < -0.39 is 10.0 Å². The topological polar surface area (TPSA) is 107 Å². The van der Waals surface area contributed by atoms with E-state index in [1.54, 1.807) is 6.07 Å². The molecular formula is C14H23N3O3S. The van der Waals surface area contributed by atoms with Crippen molar-refractivity contribution in [2.75, 3.05) is 17.7 Å². The van der Waals surface area contributed by atoms with Gasteiger partial charge in [0.1, 0.15) is 0 Å². The average Bonchev–Trinajstić information content (AvgIpc) is 2.36. The predicted octanol–water partition coefficient (Wildman–Crippen LogP) is 1.53. The third-order valence-electron chi connectivity index (χ3n) is 4.14. The molecule has 0 bridgehead atoms. The van der Waals surface area contributed by atoms with Gasteiger partial charge in [0.15, 0.2) is 0 Å². The second-order valence-corrected chi connectivity index (χ2v) is 7.60. The Hall–Kier alpha value is -1.31. The Balaban J connectivity index is 2.17. The van der Waals surface area contributed by atoms with E-state index in [4.69, 9.17) is 15.6 Å². The molecule has 0 aliphatic heterocycles. The van der Waals surface area contributed by atoms with Gasteiger partial charge < -0.3 is 15.8 Å². The SMILES string of the molecule is CCOC1CC(Nc2cc(N)cc(S(N)(=O)=O)c2)C1(C)C. The first-order chi connectivity index (χ1) is 9.64. The quantitative estimate of drug-likeness (QED) is 0.715. The minimum absolute atomic E-state index is 0.0171. The van der Waals surface area contributed by atoms with E-state index in [0.717, 1.165) is 6.42 Å². The van der Waals surface area contributed by atoms with Crippen LogP contribution < -0.4 is 16.2 Å². The fraction of sp³-hybridized carbons (Fsp3) is 0.571. The van der Waals surface area contributed by atoms with E-state index in [1.165, 1.54) is 12.1 Å². The van der Waals surface area contributed by atoms with Crippen LogP contribution in [0.15, 0.2) is 23.1 Å². The van der Waals surface area contributed by atoms with Crippen molar-refractivity contribution >= 4 is 21.4 Å². The van der Waals surface area contributed by atoms with Gasteiger partial charge in [0.05, 0.1) is 11.0 Å². The van der Waals surface area contributed by atoms with E-state index in [2.05, 4.69) is 19.2 Å². The zero-order valence-electron chi connectivity index (χ0n) is 12.6. The second-order valence-electron chi connectivity index (χ2n) is 6.03. The molecule has 2 atom stereocenters. The number of primary sulfonamides is 1. The van der Waals surface area contributed by atoms with Crippen LogP contribution >= 0.6 is 0 Å². The summed E-state index contributed by atoms with van der Waals surface area (Å²) in [6, 6.07) is 4.77. The Morgan fingerprint density at radius 1 is 1.38 bits per heavy atom. The fourth-order valence-corrected chi connectivity index (χ4v) is 3.28. The molecule has 0 saturated heterocycles. The minimum atomic E-state index is -3.77. The van der Waals surface area contributed by atoms with E-state index in [1.807, 2.05) is 6.92 Å². The number of sulfonamides is 1. The average molecular weight is 313 g/mol. The van der Waals surface area contributed by atoms with Crippen LogP contribution in [0.1, 0.15) is 27.2 Å². The van der Waals surface area contributed by atoms with Crippen molar-refractivity contribution in [3.8, 4) is 0 Å². The fourth-order valence-electron chi connectivity index (χ4n) is 2.69. The summed E-state index contributed by atoms with van der Waals surface area (Å²) in [4.78, 5) is 0.0171. The van der Waals surface area contributed by atoms with Crippen LogP contribution in [0.2, 0.25) is 0 Å². The summed E-state index contributed by atoms with van der Waals surface area (Å²) < 4.78 is 28.6. The van der Waals surface area contributed by atoms with Crippen LogP contribution in [0.3, 0.4) is 0 Å². The van der Waals surface area contributed by atoms with Crippen molar-refractivity contribution in [3.05, 3.63) is 18.2 Å². The van der Waals surface area contributed by atoms with Gasteiger partial charge in [0.2, 0.25) is 10.0 Å². The molecule has 0 aromatic heterocycles. The van der Waals surface area contributed by atoms with Crippen molar-refractivity contribution < 1.29 is 13.2 Å². The number of nitrogen functional groups attached to an aromatic ring is 1. The van der Waals surface area contributed by atoms with Crippen LogP contribution in [-0.2, 0) is 14.8 Å². The lowest BCUT2D eigenvalue weighted by atomic mass is 9.64. The highest BCUT2D eigenvalue weighted by molar-refractivity contribution is 7.89. The predicted molar refractivity (Wildman–Crippen MR) is 83.5 cm³/mol. The molecule has 1 saturated carbocycles. The standard InChI is InChI=1S/C14H23N3O3S/c1-4-20-13-8-12(14(13,2)3)17-10-5-9(15)6-11(7-10)21(16,18)19/h5-7,12-13,17H,4,8,15H2,1-3H3,(H2,16,18,19). The zero-order valence-corrected chi connectivity index (χ0v) is 13.4. The summed E-state index contributed by atoms with van der Waals surface area (Å²) in [5.41, 5.74) is 6.75. The van der Waals surface area contributed by atoms with Gasteiger partial charge in [0.25, 0.3) is 0 Å². The van der Waals surface area contributed by atoms with Crippen LogP contribution in [-0.4, -0.2) is 27.2 Å². The maximum atomic E-state index is 11.4. The summed E-state index contributed by atoms with van der Waals surface area (Å²) in [7, 11) is -3.77. The van der Waals surface area contributed by atoms with Gasteiger partial charge in [0, 0.05) is 29.4 Å². The van der Waals surface area contributed by atoms with Gasteiger partial charge in [-0.05, 0) is 31.5 Å². The molecular weight excluding hydrogens is 290 g/mol. The summed E-state index contributed by atoms with van der Waals surface area (Å²) in [6.45, 7) is 6.92. The van der Waals surface area contributed by atoms with E-state index in [-0.39, 0.29) is 22.5 Å². The van der Waals surface area contributed by atoms with Crippen molar-refractivity contribution in [1.29, 1.82) is 0 Å². The van der Waals surface area contributed by atoms with Gasteiger partial charge in [-0.15, -0.1) is 0 Å². The lowest BCUT2D eigenvalue weighted by molar-refractivity contribution is -0.0975. The van der Waals surface area contributed by atoms with Crippen molar-refractivity contribution in [2.24, 2.45) is 10.6 Å². The number of anilines is 2. The second kappa shape index (κ2) is 5.47. The number of nitrogens with one attached hydrogen (secondary N) is 1. The molecule has 1 fully saturated rings. The van der Waals surface area contributed by atoms with Crippen molar-refractivity contribution in [3.63, 3.8) is 0 Å². The minimum Gasteiger partial charge on any atom is -0.399 e. The lowest BCUT2D eigenvalue weighted by Gasteiger charge is -2.52. The summed E-state index contributed by atoms with van der Waals surface area (Å²) in [6.07, 6.45) is 1.08. The highest BCUT2D eigenvalue weighted by Crippen LogP contribution is 2.44. The Morgan fingerprint density at radius 3 is 2.57 bits per heavy atom. The molecule has 1 aromatic carbocycles. The highest BCUT2D eigenvalue weighted by Gasteiger charge is 2.48. The molecule has 118 valence electrons. The molecule has 0 heterocycles. The van der Waals surface area contributed by atoms with Crippen LogP contribution in [0, 0.1) is 5.41 Å². The first kappa shape index (κ1) is 16.1. The van der Waals surface area contributed by atoms with Gasteiger partial charge in [-0.1, -0.05) is 13.8 Å². The number of hydrogen-bond acceptors (Lipinski definition) is 5. The smallest absolute Gasteiger partial charge is 0.238 e. The van der Waals surface area contributed by atoms with E-state index in [0.29, 0.717) is 18.0 Å². The molecule has 0 radical (unpaired) electrons. The molecule has 1 aliphatic rings. The third kappa shape index (κ3) is 3.30. The maximum absolute atomic E-state index is 11.4. The van der Waals surface area contributed by atoms with Gasteiger partial charge in [-0.2, -0.15) is 0 Å². The monoisotopic (exact) mass is 313 g/mol. The summed E-state index contributed by atoms with van der Waals surface area (Å²) >= 11 is 0. The first-order valence-corrected chi connectivity index (χ1v) is 8.50. The number of rotatable bonds is 5. The van der Waals surface area contributed by atoms with Crippen molar-refractivity contribution in [2.45, 2.75) is 44.2 Å². The lowest BCUT2D eigenvalue weighted by Crippen LogP contribution is -2.58. The molecule has 0 amide bonds. The van der Waals surface area contributed by atoms with Gasteiger partial charge in [-0.3, -0.25) is 0 Å². The Bertz CT molecular complexity index is 628. The highest BCUT2D eigenvalue weighted by atomic mass is 32.2. The third-order valence-corrected chi connectivity index (χ3v) is 5.04. The first-order valence-electron chi connectivity index (χ1n) is 6.96.